The number of benzene rings is 3. The topological polar surface area (TPSA) is 52.5 Å². The Labute approximate surface area is 147 Å². The van der Waals surface area contributed by atoms with E-state index in [0.717, 1.165) is 32.0 Å². The van der Waals surface area contributed by atoms with E-state index >= 15 is 0 Å². The first-order chi connectivity index (χ1) is 11.7. The van der Waals surface area contributed by atoms with Crippen molar-refractivity contribution in [2.75, 3.05) is 0 Å². The maximum Gasteiger partial charge on any atom is 0.101 e. The third kappa shape index (κ3) is 2.01. The molecule has 24 heavy (non-hydrogen) atoms. The van der Waals surface area contributed by atoms with Crippen LogP contribution in [0.15, 0.2) is 65.1 Å². The number of hydrogen-bond donors (Lipinski definition) is 0. The normalized spacial score (nSPS) is 10.6. The van der Waals surface area contributed by atoms with Gasteiger partial charge in [-0.1, -0.05) is 24.3 Å². The SMILES string of the molecule is N#Cc1ccc2c(c1)c1ccccc1n2-c1c(Br)cccc1C#N. The van der Waals surface area contributed by atoms with Crippen molar-refractivity contribution in [3.8, 4) is 17.8 Å². The van der Waals surface area contributed by atoms with E-state index in [1.165, 1.54) is 0 Å². The van der Waals surface area contributed by atoms with Crippen LogP contribution in [0.25, 0.3) is 27.5 Å². The Morgan fingerprint density at radius 3 is 2.38 bits per heavy atom. The van der Waals surface area contributed by atoms with Crippen LogP contribution in [0.4, 0.5) is 0 Å². The molecule has 0 aliphatic heterocycles. The number of rotatable bonds is 1. The summed E-state index contributed by atoms with van der Waals surface area (Å²) in [6.07, 6.45) is 0. The number of para-hydroxylation sites is 2. The number of nitriles is 2. The minimum atomic E-state index is 0.594. The fourth-order valence-corrected chi connectivity index (χ4v) is 3.66. The van der Waals surface area contributed by atoms with E-state index in [1.54, 1.807) is 6.07 Å². The molecular weight excluding hydrogens is 362 g/mol. The molecule has 4 aromatic rings. The molecule has 3 aromatic carbocycles. The van der Waals surface area contributed by atoms with E-state index in [0.29, 0.717) is 11.1 Å². The predicted octanol–water partition coefficient (Wildman–Crippen LogP) is 5.29. The minimum absolute atomic E-state index is 0.594. The summed E-state index contributed by atoms with van der Waals surface area (Å²) in [6, 6.07) is 23.7. The Kier molecular flexibility index (Phi) is 3.34. The molecule has 0 bridgehead atoms. The molecule has 3 nitrogen and oxygen atoms in total. The fourth-order valence-electron chi connectivity index (χ4n) is 3.12. The van der Waals surface area contributed by atoms with E-state index in [4.69, 9.17) is 0 Å². The zero-order valence-electron chi connectivity index (χ0n) is 12.5. The third-order valence-electron chi connectivity index (χ3n) is 4.13. The summed E-state index contributed by atoms with van der Waals surface area (Å²) in [6.45, 7) is 0. The lowest BCUT2D eigenvalue weighted by Crippen LogP contribution is -1.98. The molecule has 0 radical (unpaired) electrons. The van der Waals surface area contributed by atoms with E-state index in [2.05, 4.69) is 32.6 Å². The average molecular weight is 372 g/mol. The van der Waals surface area contributed by atoms with Crippen LogP contribution in [0, 0.1) is 22.7 Å². The smallest absolute Gasteiger partial charge is 0.101 e. The van der Waals surface area contributed by atoms with Crippen molar-refractivity contribution in [2.45, 2.75) is 0 Å². The first-order valence-corrected chi connectivity index (χ1v) is 8.16. The summed E-state index contributed by atoms with van der Waals surface area (Å²) in [5.41, 5.74) is 4.01. The van der Waals surface area contributed by atoms with Gasteiger partial charge in [0.1, 0.15) is 6.07 Å². The van der Waals surface area contributed by atoms with Crippen molar-refractivity contribution in [3.05, 3.63) is 76.3 Å². The molecule has 4 heteroatoms. The van der Waals surface area contributed by atoms with Crippen LogP contribution in [0.1, 0.15) is 11.1 Å². The Morgan fingerprint density at radius 1 is 0.792 bits per heavy atom. The fraction of sp³-hybridized carbons (Fsp3) is 0. The summed E-state index contributed by atoms with van der Waals surface area (Å²) in [7, 11) is 0. The van der Waals surface area contributed by atoms with Crippen LogP contribution in [0.5, 0.6) is 0 Å². The summed E-state index contributed by atoms with van der Waals surface area (Å²) >= 11 is 3.58. The Morgan fingerprint density at radius 2 is 1.58 bits per heavy atom. The number of halogens is 1. The molecule has 0 N–H and O–H groups in total. The van der Waals surface area contributed by atoms with E-state index in [1.807, 2.05) is 54.6 Å². The molecule has 0 fully saturated rings. The first-order valence-electron chi connectivity index (χ1n) is 7.37. The van der Waals surface area contributed by atoms with Crippen molar-refractivity contribution in [3.63, 3.8) is 0 Å². The van der Waals surface area contributed by atoms with Crippen molar-refractivity contribution in [2.24, 2.45) is 0 Å². The highest BCUT2D eigenvalue weighted by atomic mass is 79.9. The molecule has 1 aromatic heterocycles. The minimum Gasteiger partial charge on any atom is -0.307 e. The van der Waals surface area contributed by atoms with E-state index in [9.17, 15) is 10.5 Å². The van der Waals surface area contributed by atoms with Crippen molar-refractivity contribution in [1.82, 2.24) is 4.57 Å². The van der Waals surface area contributed by atoms with Crippen LogP contribution in [0.2, 0.25) is 0 Å². The van der Waals surface area contributed by atoms with Gasteiger partial charge in [0.05, 0.1) is 33.9 Å². The molecule has 0 aliphatic rings. The van der Waals surface area contributed by atoms with Gasteiger partial charge in [-0.3, -0.25) is 0 Å². The molecule has 112 valence electrons. The predicted molar refractivity (Wildman–Crippen MR) is 97.9 cm³/mol. The van der Waals surface area contributed by atoms with Gasteiger partial charge in [0.25, 0.3) is 0 Å². The molecule has 0 aliphatic carbocycles. The van der Waals surface area contributed by atoms with Gasteiger partial charge in [-0.05, 0) is 52.3 Å². The first kappa shape index (κ1) is 14.5. The number of hydrogen-bond acceptors (Lipinski definition) is 2. The Hall–Kier alpha value is -3.08. The highest BCUT2D eigenvalue weighted by molar-refractivity contribution is 9.10. The lowest BCUT2D eigenvalue weighted by atomic mass is 10.1. The number of aromatic nitrogens is 1. The lowest BCUT2D eigenvalue weighted by Gasteiger charge is -2.11. The highest BCUT2D eigenvalue weighted by Gasteiger charge is 2.16. The zero-order chi connectivity index (χ0) is 16.7. The molecule has 1 heterocycles. The van der Waals surface area contributed by atoms with Gasteiger partial charge >= 0.3 is 0 Å². The average Bonchev–Trinajstić information content (AvgIpc) is 2.95. The number of nitrogens with zero attached hydrogens (tertiary/aromatic N) is 3. The molecule has 4 rings (SSSR count). The second-order valence-electron chi connectivity index (χ2n) is 5.44. The standard InChI is InChI=1S/C20H10BrN3/c21-17-6-3-4-14(12-23)20(17)24-18-7-2-1-5-15(18)16-10-13(11-22)8-9-19(16)24/h1-10H. The van der Waals surface area contributed by atoms with Crippen LogP contribution in [-0.4, -0.2) is 4.57 Å². The van der Waals surface area contributed by atoms with Gasteiger partial charge in [0.15, 0.2) is 0 Å². The van der Waals surface area contributed by atoms with Gasteiger partial charge in [-0.25, -0.2) is 0 Å². The number of fused-ring (bicyclic) bond motifs is 3. The largest absolute Gasteiger partial charge is 0.307 e. The second-order valence-corrected chi connectivity index (χ2v) is 6.30. The van der Waals surface area contributed by atoms with Gasteiger partial charge in [0, 0.05) is 15.2 Å². The van der Waals surface area contributed by atoms with Gasteiger partial charge in [0.2, 0.25) is 0 Å². The maximum absolute atomic E-state index is 9.54. The van der Waals surface area contributed by atoms with Crippen molar-refractivity contribution in [1.29, 1.82) is 10.5 Å². The van der Waals surface area contributed by atoms with Crippen LogP contribution in [-0.2, 0) is 0 Å². The quantitative estimate of drug-likeness (QED) is 0.456. The van der Waals surface area contributed by atoms with Crippen LogP contribution in [0.3, 0.4) is 0 Å². The summed E-state index contributed by atoms with van der Waals surface area (Å²) in [4.78, 5) is 0. The van der Waals surface area contributed by atoms with Crippen LogP contribution >= 0.6 is 15.9 Å². The lowest BCUT2D eigenvalue weighted by molar-refractivity contribution is 1.15. The van der Waals surface area contributed by atoms with E-state index < -0.39 is 0 Å². The van der Waals surface area contributed by atoms with Crippen molar-refractivity contribution >= 4 is 37.7 Å². The molecule has 0 saturated heterocycles. The second kappa shape index (κ2) is 5.53. The maximum atomic E-state index is 9.54. The summed E-state index contributed by atoms with van der Waals surface area (Å²) < 4.78 is 2.93. The van der Waals surface area contributed by atoms with Gasteiger partial charge < -0.3 is 4.57 Å². The van der Waals surface area contributed by atoms with Crippen LogP contribution < -0.4 is 0 Å². The molecule has 0 atom stereocenters. The molecule has 0 unspecified atom stereocenters. The molecule has 0 spiro atoms. The van der Waals surface area contributed by atoms with Gasteiger partial charge in [-0.15, -0.1) is 0 Å². The molecule has 0 saturated carbocycles. The molecule has 0 amide bonds. The van der Waals surface area contributed by atoms with Crippen molar-refractivity contribution < 1.29 is 0 Å². The Bertz CT molecular complexity index is 1190. The highest BCUT2D eigenvalue weighted by Crippen LogP contribution is 2.36. The van der Waals surface area contributed by atoms with Gasteiger partial charge in [-0.2, -0.15) is 10.5 Å². The third-order valence-corrected chi connectivity index (χ3v) is 4.77. The monoisotopic (exact) mass is 371 g/mol. The molecular formula is C20H10BrN3. The van der Waals surface area contributed by atoms with E-state index in [-0.39, 0.29) is 0 Å². The Balaban J connectivity index is 2.25. The summed E-state index contributed by atoms with van der Waals surface area (Å²) in [5, 5.41) is 20.8. The summed E-state index contributed by atoms with van der Waals surface area (Å²) in [5.74, 6) is 0. The zero-order valence-corrected chi connectivity index (χ0v) is 14.1.